The van der Waals surface area contributed by atoms with Gasteiger partial charge in [-0.1, -0.05) is 0 Å². The minimum Gasteiger partial charge on any atom is -0.493 e. The summed E-state index contributed by atoms with van der Waals surface area (Å²) in [7, 11) is 2.01. The van der Waals surface area contributed by atoms with E-state index in [0.717, 1.165) is 31.6 Å². The van der Waals surface area contributed by atoms with Gasteiger partial charge in [0.25, 0.3) is 0 Å². The van der Waals surface area contributed by atoms with Crippen molar-refractivity contribution in [1.82, 2.24) is 10.3 Å². The molecule has 0 aliphatic carbocycles. The molecule has 1 aliphatic rings. The molecule has 0 bridgehead atoms. The summed E-state index contributed by atoms with van der Waals surface area (Å²) in [6.07, 6.45) is 5.45. The molecule has 1 aliphatic heterocycles. The molecule has 0 fully saturated rings. The van der Waals surface area contributed by atoms with Crippen LogP contribution in [0.15, 0.2) is 18.3 Å². The second kappa shape index (κ2) is 4.65. The van der Waals surface area contributed by atoms with E-state index in [9.17, 15) is 0 Å². The van der Waals surface area contributed by atoms with Crippen molar-refractivity contribution >= 4 is 10.9 Å². The molecule has 3 rings (SSSR count). The van der Waals surface area contributed by atoms with Crippen molar-refractivity contribution in [2.75, 3.05) is 13.7 Å². The first-order valence-electron chi connectivity index (χ1n) is 6.71. The van der Waals surface area contributed by atoms with Gasteiger partial charge in [0.15, 0.2) is 0 Å². The lowest BCUT2D eigenvalue weighted by atomic mass is 9.97. The van der Waals surface area contributed by atoms with Crippen molar-refractivity contribution in [2.24, 2.45) is 0 Å². The van der Waals surface area contributed by atoms with E-state index in [1.807, 2.05) is 7.05 Å². The highest BCUT2D eigenvalue weighted by Crippen LogP contribution is 2.34. The van der Waals surface area contributed by atoms with Crippen LogP contribution in [0.1, 0.15) is 24.5 Å². The molecule has 0 radical (unpaired) electrons. The summed E-state index contributed by atoms with van der Waals surface area (Å²) in [6.45, 7) is 3.07. The number of aryl methyl sites for hydroxylation is 1. The first-order valence-corrected chi connectivity index (χ1v) is 6.71. The van der Waals surface area contributed by atoms with E-state index in [4.69, 9.17) is 4.74 Å². The molecule has 0 unspecified atom stereocenters. The molecule has 1 aromatic carbocycles. The lowest BCUT2D eigenvalue weighted by molar-refractivity contribution is 0.289. The molecule has 0 spiro atoms. The number of aromatic amines is 1. The van der Waals surface area contributed by atoms with Gasteiger partial charge in [0.1, 0.15) is 5.75 Å². The Balaban J connectivity index is 2.09. The predicted octanol–water partition coefficient (Wildman–Crippen LogP) is 2.64. The monoisotopic (exact) mass is 244 g/mol. The normalized spacial score (nSPS) is 16.3. The van der Waals surface area contributed by atoms with E-state index >= 15 is 0 Å². The van der Waals surface area contributed by atoms with Gasteiger partial charge in [-0.2, -0.15) is 0 Å². The van der Waals surface area contributed by atoms with Gasteiger partial charge in [-0.15, -0.1) is 0 Å². The molecule has 1 aromatic heterocycles. The van der Waals surface area contributed by atoms with Gasteiger partial charge < -0.3 is 15.0 Å². The Hall–Kier alpha value is -1.48. The summed E-state index contributed by atoms with van der Waals surface area (Å²) in [4.78, 5) is 3.38. The fourth-order valence-corrected chi connectivity index (χ4v) is 2.76. The van der Waals surface area contributed by atoms with Crippen LogP contribution in [-0.4, -0.2) is 24.7 Å². The van der Waals surface area contributed by atoms with Crippen LogP contribution in [0.5, 0.6) is 5.75 Å². The Kier molecular flexibility index (Phi) is 3.00. The van der Waals surface area contributed by atoms with E-state index in [-0.39, 0.29) is 0 Å². The zero-order valence-electron chi connectivity index (χ0n) is 11.0. The number of hydrogen-bond donors (Lipinski definition) is 2. The van der Waals surface area contributed by atoms with Crippen LogP contribution >= 0.6 is 0 Å². The van der Waals surface area contributed by atoms with Crippen LogP contribution in [-0.2, 0) is 12.8 Å². The first-order chi connectivity index (χ1) is 8.79. The summed E-state index contributed by atoms with van der Waals surface area (Å²) in [5.41, 5.74) is 4.02. The molecular formula is C15H20N2O. The summed E-state index contributed by atoms with van der Waals surface area (Å²) < 4.78 is 5.76. The number of fused-ring (bicyclic) bond motifs is 3. The van der Waals surface area contributed by atoms with Crippen LogP contribution in [0.25, 0.3) is 10.9 Å². The molecule has 1 atom stereocenters. The molecule has 18 heavy (non-hydrogen) atoms. The van der Waals surface area contributed by atoms with Gasteiger partial charge in [0.05, 0.1) is 6.61 Å². The third kappa shape index (κ3) is 1.89. The van der Waals surface area contributed by atoms with Crippen molar-refractivity contribution in [3.63, 3.8) is 0 Å². The van der Waals surface area contributed by atoms with Gasteiger partial charge in [-0.05, 0) is 50.9 Å². The van der Waals surface area contributed by atoms with Gasteiger partial charge in [-0.25, -0.2) is 0 Å². The third-order valence-corrected chi connectivity index (χ3v) is 3.84. The maximum atomic E-state index is 5.76. The van der Waals surface area contributed by atoms with Crippen LogP contribution in [0, 0.1) is 0 Å². The molecule has 0 saturated heterocycles. The highest BCUT2D eigenvalue weighted by molar-refractivity contribution is 5.89. The van der Waals surface area contributed by atoms with Gasteiger partial charge >= 0.3 is 0 Å². The summed E-state index contributed by atoms with van der Waals surface area (Å²) in [6, 6.07) is 4.72. The molecule has 2 N–H and O–H groups in total. The molecular weight excluding hydrogens is 224 g/mol. The average molecular weight is 244 g/mol. The Morgan fingerprint density at radius 1 is 1.44 bits per heavy atom. The van der Waals surface area contributed by atoms with Gasteiger partial charge in [0.2, 0.25) is 0 Å². The van der Waals surface area contributed by atoms with E-state index < -0.39 is 0 Å². The highest BCUT2D eigenvalue weighted by atomic mass is 16.5. The largest absolute Gasteiger partial charge is 0.493 e. The standard InChI is InChI=1S/C15H20N2O/c1-10(16-2)8-11-9-17-13-5-6-14-12(15(11)13)4-3-7-18-14/h5-6,9-10,16-17H,3-4,7-8H2,1-2H3/t10-/m1/s1. The molecule has 96 valence electrons. The highest BCUT2D eigenvalue weighted by Gasteiger charge is 2.17. The van der Waals surface area contributed by atoms with E-state index in [0.29, 0.717) is 6.04 Å². The van der Waals surface area contributed by atoms with E-state index in [1.54, 1.807) is 0 Å². The fourth-order valence-electron chi connectivity index (χ4n) is 2.76. The summed E-state index contributed by atoms with van der Waals surface area (Å²) in [5.74, 6) is 1.08. The Morgan fingerprint density at radius 3 is 3.17 bits per heavy atom. The number of hydrogen-bond acceptors (Lipinski definition) is 2. The topological polar surface area (TPSA) is 37.0 Å². The number of H-pyrrole nitrogens is 1. The van der Waals surface area contributed by atoms with E-state index in [1.165, 1.54) is 22.0 Å². The maximum absolute atomic E-state index is 5.76. The van der Waals surface area contributed by atoms with E-state index in [2.05, 4.69) is 35.6 Å². The Morgan fingerprint density at radius 2 is 2.33 bits per heavy atom. The zero-order valence-corrected chi connectivity index (χ0v) is 11.0. The summed E-state index contributed by atoms with van der Waals surface area (Å²) in [5, 5.41) is 4.69. The van der Waals surface area contributed by atoms with Crippen LogP contribution in [0.3, 0.4) is 0 Å². The minimum atomic E-state index is 0.490. The maximum Gasteiger partial charge on any atom is 0.123 e. The van der Waals surface area contributed by atoms with Crippen LogP contribution < -0.4 is 10.1 Å². The Labute approximate surface area is 108 Å². The molecule has 0 amide bonds. The molecule has 2 aromatic rings. The molecule has 0 saturated carbocycles. The number of nitrogens with one attached hydrogen (secondary N) is 2. The number of likely N-dealkylation sites (N-methyl/N-ethyl adjacent to an activating group) is 1. The van der Waals surface area contributed by atoms with Crippen molar-refractivity contribution in [1.29, 1.82) is 0 Å². The second-order valence-electron chi connectivity index (χ2n) is 5.12. The lowest BCUT2D eigenvalue weighted by Gasteiger charge is -2.19. The SMILES string of the molecule is CN[C@H](C)Cc1c[nH]c2ccc3c(c12)CCCO3. The molecule has 2 heterocycles. The van der Waals surface area contributed by atoms with Gasteiger partial charge in [0, 0.05) is 28.7 Å². The second-order valence-corrected chi connectivity index (χ2v) is 5.12. The number of benzene rings is 1. The number of rotatable bonds is 3. The average Bonchev–Trinajstić information content (AvgIpc) is 2.82. The molecule has 3 nitrogen and oxygen atoms in total. The summed E-state index contributed by atoms with van der Waals surface area (Å²) >= 11 is 0. The number of ether oxygens (including phenoxy) is 1. The smallest absolute Gasteiger partial charge is 0.123 e. The van der Waals surface area contributed by atoms with Crippen LogP contribution in [0.2, 0.25) is 0 Å². The minimum absolute atomic E-state index is 0.490. The van der Waals surface area contributed by atoms with Crippen molar-refractivity contribution in [3.8, 4) is 5.75 Å². The third-order valence-electron chi connectivity index (χ3n) is 3.84. The van der Waals surface area contributed by atoms with Gasteiger partial charge in [-0.3, -0.25) is 0 Å². The van der Waals surface area contributed by atoms with Crippen molar-refractivity contribution in [2.45, 2.75) is 32.2 Å². The zero-order chi connectivity index (χ0) is 12.5. The van der Waals surface area contributed by atoms with Crippen molar-refractivity contribution < 1.29 is 4.74 Å². The predicted molar refractivity (Wildman–Crippen MR) is 74.3 cm³/mol. The lowest BCUT2D eigenvalue weighted by Crippen LogP contribution is -2.23. The first kappa shape index (κ1) is 11.6. The quantitative estimate of drug-likeness (QED) is 0.871. The fraction of sp³-hybridized carbons (Fsp3) is 0.467. The molecule has 3 heteroatoms. The van der Waals surface area contributed by atoms with Crippen LogP contribution in [0.4, 0.5) is 0 Å². The van der Waals surface area contributed by atoms with Crippen molar-refractivity contribution in [3.05, 3.63) is 29.5 Å². The Bertz CT molecular complexity index is 559. The number of aromatic nitrogens is 1.